The summed E-state index contributed by atoms with van der Waals surface area (Å²) in [6.07, 6.45) is 6.18. The van der Waals surface area contributed by atoms with Crippen LogP contribution >= 0.6 is 11.3 Å². The molecule has 2 N–H and O–H groups in total. The first-order chi connectivity index (χ1) is 8.24. The highest BCUT2D eigenvalue weighted by Crippen LogP contribution is 2.28. The van der Waals surface area contributed by atoms with Gasteiger partial charge in [-0.1, -0.05) is 25.7 Å². The van der Waals surface area contributed by atoms with E-state index in [1.165, 1.54) is 35.4 Å². The molecule has 0 aromatic carbocycles. The summed E-state index contributed by atoms with van der Waals surface area (Å²) in [6.45, 7) is 3.75. The summed E-state index contributed by atoms with van der Waals surface area (Å²) in [4.78, 5) is 2.71. The maximum Gasteiger partial charge on any atom is 0.0667 e. The van der Waals surface area contributed by atoms with Crippen molar-refractivity contribution in [3.05, 3.63) is 21.9 Å². The minimum Gasteiger partial charge on any atom is -0.392 e. The van der Waals surface area contributed by atoms with Crippen LogP contribution in [0.25, 0.3) is 0 Å². The molecule has 1 heterocycles. The molecule has 0 saturated heterocycles. The van der Waals surface area contributed by atoms with Crippen LogP contribution in [0.4, 0.5) is 0 Å². The summed E-state index contributed by atoms with van der Waals surface area (Å²) < 4.78 is 0. The molecule has 96 valence electrons. The van der Waals surface area contributed by atoms with E-state index in [1.54, 1.807) is 0 Å². The molecule has 3 heteroatoms. The van der Waals surface area contributed by atoms with Gasteiger partial charge in [-0.05, 0) is 31.4 Å². The number of hydrogen-bond donors (Lipinski definition) is 2. The van der Waals surface area contributed by atoms with Gasteiger partial charge in [-0.25, -0.2) is 0 Å². The van der Waals surface area contributed by atoms with E-state index < -0.39 is 0 Å². The van der Waals surface area contributed by atoms with Crippen LogP contribution in [0.2, 0.25) is 0 Å². The largest absolute Gasteiger partial charge is 0.392 e. The van der Waals surface area contributed by atoms with Crippen molar-refractivity contribution in [3.8, 4) is 0 Å². The molecule has 1 aromatic heterocycles. The van der Waals surface area contributed by atoms with Gasteiger partial charge >= 0.3 is 0 Å². The Kier molecular flexibility index (Phi) is 5.01. The molecule has 1 aliphatic rings. The summed E-state index contributed by atoms with van der Waals surface area (Å²) in [6, 6.07) is 4.31. The fourth-order valence-electron chi connectivity index (χ4n) is 2.66. The topological polar surface area (TPSA) is 32.3 Å². The van der Waals surface area contributed by atoms with E-state index in [-0.39, 0.29) is 6.10 Å². The maximum absolute atomic E-state index is 9.93. The van der Waals surface area contributed by atoms with Crippen molar-refractivity contribution in [1.82, 2.24) is 5.32 Å². The lowest BCUT2D eigenvalue weighted by molar-refractivity contribution is 0.140. The number of thiophene rings is 1. The average molecular weight is 253 g/mol. The van der Waals surface area contributed by atoms with Crippen molar-refractivity contribution in [2.24, 2.45) is 5.92 Å². The Morgan fingerprint density at radius 1 is 1.41 bits per heavy atom. The molecular weight excluding hydrogens is 230 g/mol. The Bertz CT molecular complexity index is 331. The Morgan fingerprint density at radius 3 is 2.82 bits per heavy atom. The minimum absolute atomic E-state index is 0.167. The van der Waals surface area contributed by atoms with Crippen molar-refractivity contribution in [2.45, 2.75) is 51.7 Å². The van der Waals surface area contributed by atoms with Crippen LogP contribution in [-0.4, -0.2) is 17.8 Å². The van der Waals surface area contributed by atoms with Crippen LogP contribution in [-0.2, 0) is 6.54 Å². The molecular formula is C14H23NOS. The summed E-state index contributed by atoms with van der Waals surface area (Å²) in [5, 5.41) is 13.3. The molecule has 0 aliphatic heterocycles. The zero-order chi connectivity index (χ0) is 12.1. The number of aryl methyl sites for hydroxylation is 1. The lowest BCUT2D eigenvalue weighted by Crippen LogP contribution is -2.27. The molecule has 0 bridgehead atoms. The normalized spacial score (nSPS) is 18.7. The lowest BCUT2D eigenvalue weighted by atomic mass is 10.0. The number of rotatable bonds is 6. The van der Waals surface area contributed by atoms with E-state index in [1.807, 2.05) is 11.3 Å². The fraction of sp³-hybridized carbons (Fsp3) is 0.714. The van der Waals surface area contributed by atoms with Crippen LogP contribution < -0.4 is 5.32 Å². The first kappa shape index (κ1) is 13.1. The Labute approximate surface area is 108 Å². The standard InChI is InChI=1S/C14H23NOS/c1-11-6-7-14(17-11)10-15-9-13(16)8-12-4-2-3-5-12/h6-7,12-13,15-16H,2-5,8-10H2,1H3. The first-order valence-corrected chi connectivity index (χ1v) is 7.50. The van der Waals surface area contributed by atoms with Crippen molar-refractivity contribution in [1.29, 1.82) is 0 Å². The van der Waals surface area contributed by atoms with E-state index in [0.717, 1.165) is 25.4 Å². The molecule has 0 radical (unpaired) electrons. The summed E-state index contributed by atoms with van der Waals surface area (Å²) >= 11 is 1.83. The second kappa shape index (κ2) is 6.53. The minimum atomic E-state index is -0.167. The zero-order valence-electron chi connectivity index (χ0n) is 10.6. The maximum atomic E-state index is 9.93. The van der Waals surface area contributed by atoms with Crippen LogP contribution in [0.15, 0.2) is 12.1 Å². The molecule has 0 spiro atoms. The van der Waals surface area contributed by atoms with Gasteiger partial charge in [-0.15, -0.1) is 11.3 Å². The lowest BCUT2D eigenvalue weighted by Gasteiger charge is -2.15. The van der Waals surface area contributed by atoms with Gasteiger partial charge in [0.1, 0.15) is 0 Å². The van der Waals surface area contributed by atoms with Gasteiger partial charge in [0, 0.05) is 22.8 Å². The van der Waals surface area contributed by atoms with Crippen LogP contribution in [0.5, 0.6) is 0 Å². The summed E-state index contributed by atoms with van der Waals surface area (Å²) in [5.74, 6) is 0.774. The van der Waals surface area contributed by atoms with Crippen molar-refractivity contribution in [2.75, 3.05) is 6.54 Å². The Morgan fingerprint density at radius 2 is 2.18 bits per heavy atom. The van der Waals surface area contributed by atoms with Crippen molar-refractivity contribution >= 4 is 11.3 Å². The monoisotopic (exact) mass is 253 g/mol. The molecule has 1 aromatic rings. The molecule has 1 atom stereocenters. The van der Waals surface area contributed by atoms with Gasteiger partial charge in [0.25, 0.3) is 0 Å². The third-order valence-corrected chi connectivity index (χ3v) is 4.56. The van der Waals surface area contributed by atoms with Crippen molar-refractivity contribution in [3.63, 3.8) is 0 Å². The van der Waals surface area contributed by atoms with Gasteiger partial charge in [0.05, 0.1) is 6.10 Å². The highest BCUT2D eigenvalue weighted by Gasteiger charge is 2.18. The zero-order valence-corrected chi connectivity index (χ0v) is 11.4. The van der Waals surface area contributed by atoms with Gasteiger partial charge in [0.2, 0.25) is 0 Å². The molecule has 1 aliphatic carbocycles. The van der Waals surface area contributed by atoms with Gasteiger partial charge < -0.3 is 10.4 Å². The molecule has 2 nitrogen and oxygen atoms in total. The van der Waals surface area contributed by atoms with Crippen molar-refractivity contribution < 1.29 is 5.11 Å². The number of nitrogens with one attached hydrogen (secondary N) is 1. The fourth-order valence-corrected chi connectivity index (χ4v) is 3.52. The van der Waals surface area contributed by atoms with E-state index in [4.69, 9.17) is 0 Å². The summed E-state index contributed by atoms with van der Waals surface area (Å²) in [7, 11) is 0. The third kappa shape index (κ3) is 4.41. The quantitative estimate of drug-likeness (QED) is 0.816. The van der Waals surface area contributed by atoms with E-state index in [0.29, 0.717) is 0 Å². The molecule has 1 saturated carbocycles. The molecule has 1 fully saturated rings. The highest BCUT2D eigenvalue weighted by molar-refractivity contribution is 7.11. The predicted octanol–water partition coefficient (Wildman–Crippen LogP) is 3.09. The van der Waals surface area contributed by atoms with Crippen LogP contribution in [0.1, 0.15) is 41.9 Å². The second-order valence-electron chi connectivity index (χ2n) is 5.18. The Hall–Kier alpha value is -0.380. The first-order valence-electron chi connectivity index (χ1n) is 6.68. The molecule has 1 unspecified atom stereocenters. The molecule has 0 amide bonds. The van der Waals surface area contributed by atoms with E-state index in [2.05, 4.69) is 24.4 Å². The number of aliphatic hydroxyl groups is 1. The highest BCUT2D eigenvalue weighted by atomic mass is 32.1. The predicted molar refractivity (Wildman–Crippen MR) is 73.3 cm³/mol. The third-order valence-electron chi connectivity index (χ3n) is 3.56. The van der Waals surface area contributed by atoms with E-state index in [9.17, 15) is 5.11 Å². The van der Waals surface area contributed by atoms with Gasteiger partial charge in [-0.3, -0.25) is 0 Å². The molecule has 17 heavy (non-hydrogen) atoms. The second-order valence-corrected chi connectivity index (χ2v) is 6.56. The summed E-state index contributed by atoms with van der Waals surface area (Å²) in [5.41, 5.74) is 0. The smallest absolute Gasteiger partial charge is 0.0667 e. The van der Waals surface area contributed by atoms with Crippen LogP contribution in [0.3, 0.4) is 0 Å². The number of hydrogen-bond acceptors (Lipinski definition) is 3. The number of aliphatic hydroxyl groups excluding tert-OH is 1. The van der Waals surface area contributed by atoms with Gasteiger partial charge in [0.15, 0.2) is 0 Å². The Balaban J connectivity index is 1.60. The van der Waals surface area contributed by atoms with Crippen LogP contribution in [0, 0.1) is 12.8 Å². The SMILES string of the molecule is Cc1ccc(CNCC(O)CC2CCCC2)s1. The average Bonchev–Trinajstić information content (AvgIpc) is 2.90. The molecule has 2 rings (SSSR count). The van der Waals surface area contributed by atoms with Gasteiger partial charge in [-0.2, -0.15) is 0 Å². The van der Waals surface area contributed by atoms with E-state index >= 15 is 0 Å².